The van der Waals surface area contributed by atoms with E-state index in [4.69, 9.17) is 4.74 Å². The van der Waals surface area contributed by atoms with E-state index in [2.05, 4.69) is 14.9 Å². The third-order valence-electron chi connectivity index (χ3n) is 3.10. The minimum Gasteiger partial charge on any atom is -0.444 e. The van der Waals surface area contributed by atoms with Gasteiger partial charge in [-0.2, -0.15) is 0 Å². The van der Waals surface area contributed by atoms with E-state index in [9.17, 15) is 13.2 Å². The fraction of sp³-hybridized carbons (Fsp3) is 0.923. The normalized spacial score (nSPS) is 20.5. The molecule has 1 amide bonds. The highest BCUT2D eigenvalue weighted by Crippen LogP contribution is 2.15. The molecule has 1 rings (SSSR count). The number of carbonyl (C=O) groups is 1. The molecule has 21 heavy (non-hydrogen) atoms. The van der Waals surface area contributed by atoms with E-state index < -0.39 is 15.6 Å². The first-order valence-corrected chi connectivity index (χ1v) is 9.08. The number of nitrogens with one attached hydrogen (secondary N) is 2. The Labute approximate surface area is 127 Å². The number of hydrogen-bond acceptors (Lipinski definition) is 5. The molecule has 0 spiro atoms. The van der Waals surface area contributed by atoms with Crippen molar-refractivity contribution < 1.29 is 17.9 Å². The van der Waals surface area contributed by atoms with E-state index in [1.165, 1.54) is 0 Å². The zero-order valence-corrected chi connectivity index (χ0v) is 14.1. The fourth-order valence-electron chi connectivity index (χ4n) is 2.21. The zero-order valence-electron chi connectivity index (χ0n) is 13.3. The van der Waals surface area contributed by atoms with Gasteiger partial charge < -0.3 is 15.0 Å². The Balaban J connectivity index is 2.18. The zero-order chi connectivity index (χ0) is 16.1. The number of ether oxygens (including phenoxy) is 1. The molecule has 0 aliphatic carbocycles. The molecule has 1 fully saturated rings. The summed E-state index contributed by atoms with van der Waals surface area (Å²) in [5.74, 6) is 0.385. The second-order valence-corrected chi connectivity index (χ2v) is 8.34. The van der Waals surface area contributed by atoms with Crippen molar-refractivity contribution in [1.82, 2.24) is 14.9 Å². The number of sulfonamides is 1. The number of rotatable bonds is 6. The number of amides is 1. The van der Waals surface area contributed by atoms with Gasteiger partial charge in [0.05, 0.1) is 6.26 Å². The average Bonchev–Trinajstić information content (AvgIpc) is 2.70. The molecule has 1 atom stereocenters. The number of hydrogen-bond donors (Lipinski definition) is 2. The van der Waals surface area contributed by atoms with Gasteiger partial charge in [-0.1, -0.05) is 0 Å². The van der Waals surface area contributed by atoms with E-state index >= 15 is 0 Å². The first kappa shape index (κ1) is 18.2. The van der Waals surface area contributed by atoms with Crippen molar-refractivity contribution in [1.29, 1.82) is 0 Å². The Morgan fingerprint density at radius 2 is 2.05 bits per heavy atom. The minimum atomic E-state index is -3.12. The maximum absolute atomic E-state index is 11.6. The van der Waals surface area contributed by atoms with Crippen LogP contribution in [0.5, 0.6) is 0 Å². The summed E-state index contributed by atoms with van der Waals surface area (Å²) in [6.45, 7) is 8.98. The van der Waals surface area contributed by atoms with Crippen LogP contribution in [-0.2, 0) is 14.8 Å². The summed E-state index contributed by atoms with van der Waals surface area (Å²) in [5, 5.41) is 2.78. The van der Waals surface area contributed by atoms with Gasteiger partial charge in [0.2, 0.25) is 10.0 Å². The molecule has 2 N–H and O–H groups in total. The van der Waals surface area contributed by atoms with Gasteiger partial charge in [0.1, 0.15) is 5.60 Å². The van der Waals surface area contributed by atoms with E-state index in [1.807, 2.05) is 20.8 Å². The van der Waals surface area contributed by atoms with Crippen LogP contribution < -0.4 is 10.0 Å². The van der Waals surface area contributed by atoms with Gasteiger partial charge in [-0.15, -0.1) is 0 Å². The van der Waals surface area contributed by atoms with Crippen LogP contribution in [0, 0.1) is 5.92 Å². The predicted molar refractivity (Wildman–Crippen MR) is 81.6 cm³/mol. The topological polar surface area (TPSA) is 87.7 Å². The maximum Gasteiger partial charge on any atom is 0.407 e. The lowest BCUT2D eigenvalue weighted by Crippen LogP contribution is -2.37. The maximum atomic E-state index is 11.6. The molecule has 0 aromatic rings. The van der Waals surface area contributed by atoms with Crippen LogP contribution in [0.1, 0.15) is 27.2 Å². The molecule has 124 valence electrons. The molecule has 0 saturated carbocycles. The lowest BCUT2D eigenvalue weighted by atomic mass is 10.1. The second-order valence-electron chi connectivity index (χ2n) is 6.50. The summed E-state index contributed by atoms with van der Waals surface area (Å²) in [7, 11) is -3.12. The lowest BCUT2D eigenvalue weighted by Gasteiger charge is -2.21. The van der Waals surface area contributed by atoms with Crippen LogP contribution >= 0.6 is 0 Å². The van der Waals surface area contributed by atoms with Gasteiger partial charge in [-0.3, -0.25) is 0 Å². The van der Waals surface area contributed by atoms with Crippen LogP contribution in [0.25, 0.3) is 0 Å². The number of carbonyl (C=O) groups excluding carboxylic acids is 1. The molecule has 0 bridgehead atoms. The van der Waals surface area contributed by atoms with Crippen molar-refractivity contribution in [3.8, 4) is 0 Å². The molecule has 0 aromatic heterocycles. The fourth-order valence-corrected chi connectivity index (χ4v) is 2.68. The van der Waals surface area contributed by atoms with Crippen molar-refractivity contribution in [2.24, 2.45) is 5.92 Å². The molecule has 1 aliphatic heterocycles. The Morgan fingerprint density at radius 3 is 2.62 bits per heavy atom. The standard InChI is InChI=1S/C13H27N3O4S/c1-13(2,3)20-12(17)14-9-11-5-7-16(10-11)8-6-15-21(4,18)19/h11,15H,5-10H2,1-4H3,(H,14,17). The quantitative estimate of drug-likeness (QED) is 0.738. The monoisotopic (exact) mass is 321 g/mol. The molecule has 0 aromatic carbocycles. The van der Waals surface area contributed by atoms with E-state index in [0.29, 0.717) is 25.6 Å². The van der Waals surface area contributed by atoms with E-state index in [-0.39, 0.29) is 6.09 Å². The summed E-state index contributed by atoms with van der Waals surface area (Å²) in [5.41, 5.74) is -0.483. The first-order chi connectivity index (χ1) is 9.55. The molecule has 1 saturated heterocycles. The highest BCUT2D eigenvalue weighted by molar-refractivity contribution is 7.88. The number of alkyl carbamates (subject to hydrolysis) is 1. The first-order valence-electron chi connectivity index (χ1n) is 7.19. The number of likely N-dealkylation sites (tertiary alicyclic amines) is 1. The lowest BCUT2D eigenvalue weighted by molar-refractivity contribution is 0.0519. The van der Waals surface area contributed by atoms with Crippen LogP contribution in [-0.4, -0.2) is 64.0 Å². The summed E-state index contributed by atoms with van der Waals surface area (Å²) < 4.78 is 29.6. The predicted octanol–water partition coefficient (Wildman–Crippen LogP) is 0.382. The summed E-state index contributed by atoms with van der Waals surface area (Å²) in [6, 6.07) is 0. The van der Waals surface area contributed by atoms with Crippen LogP contribution in [0.2, 0.25) is 0 Å². The van der Waals surface area contributed by atoms with E-state index in [1.54, 1.807) is 0 Å². The van der Waals surface area contributed by atoms with Crippen LogP contribution in [0.4, 0.5) is 4.79 Å². The Bertz CT molecular complexity index is 445. The molecule has 7 nitrogen and oxygen atoms in total. The largest absolute Gasteiger partial charge is 0.444 e. The minimum absolute atomic E-state index is 0.385. The smallest absolute Gasteiger partial charge is 0.407 e. The summed E-state index contributed by atoms with van der Waals surface area (Å²) in [4.78, 5) is 13.7. The number of nitrogens with zero attached hydrogens (tertiary/aromatic N) is 1. The molecule has 1 aliphatic rings. The molecule has 1 unspecified atom stereocenters. The van der Waals surface area contributed by atoms with Gasteiger partial charge in [0.15, 0.2) is 0 Å². The van der Waals surface area contributed by atoms with Crippen molar-refractivity contribution in [2.75, 3.05) is 39.0 Å². The third kappa shape index (κ3) is 8.90. The Hall–Kier alpha value is -0.860. The van der Waals surface area contributed by atoms with Crippen molar-refractivity contribution >= 4 is 16.1 Å². The third-order valence-corrected chi connectivity index (χ3v) is 3.82. The van der Waals surface area contributed by atoms with Gasteiger partial charge in [0, 0.05) is 26.2 Å². The summed E-state index contributed by atoms with van der Waals surface area (Å²) in [6.07, 6.45) is 1.76. The molecular weight excluding hydrogens is 294 g/mol. The Morgan fingerprint density at radius 1 is 1.38 bits per heavy atom. The highest BCUT2D eigenvalue weighted by Gasteiger charge is 2.23. The van der Waals surface area contributed by atoms with Gasteiger partial charge in [0.25, 0.3) is 0 Å². The molecular formula is C13H27N3O4S. The average molecular weight is 321 g/mol. The van der Waals surface area contributed by atoms with Crippen LogP contribution in [0.15, 0.2) is 0 Å². The molecule has 1 heterocycles. The second kappa shape index (κ2) is 7.42. The Kier molecular flexibility index (Phi) is 6.42. The molecule has 0 radical (unpaired) electrons. The van der Waals surface area contributed by atoms with Crippen molar-refractivity contribution in [3.05, 3.63) is 0 Å². The SMILES string of the molecule is CC(C)(C)OC(=O)NCC1CCN(CCNS(C)(=O)=O)C1. The van der Waals surface area contributed by atoms with Gasteiger partial charge in [-0.25, -0.2) is 17.9 Å². The van der Waals surface area contributed by atoms with Gasteiger partial charge >= 0.3 is 6.09 Å². The summed E-state index contributed by atoms with van der Waals surface area (Å²) >= 11 is 0. The van der Waals surface area contributed by atoms with Crippen molar-refractivity contribution in [2.45, 2.75) is 32.8 Å². The van der Waals surface area contributed by atoms with E-state index in [0.717, 1.165) is 25.8 Å². The van der Waals surface area contributed by atoms with Crippen LogP contribution in [0.3, 0.4) is 0 Å². The van der Waals surface area contributed by atoms with Crippen molar-refractivity contribution in [3.63, 3.8) is 0 Å². The van der Waals surface area contributed by atoms with Gasteiger partial charge in [-0.05, 0) is 39.7 Å². The highest BCUT2D eigenvalue weighted by atomic mass is 32.2. The molecule has 8 heteroatoms.